The van der Waals surface area contributed by atoms with E-state index in [1.54, 1.807) is 24.3 Å². The second kappa shape index (κ2) is 8.17. The number of thioether (sulfide) groups is 1. The molecule has 2 aliphatic rings. The van der Waals surface area contributed by atoms with Crippen LogP contribution in [0.15, 0.2) is 45.3 Å². The molecule has 4 rings (SSSR count). The highest BCUT2D eigenvalue weighted by molar-refractivity contribution is 8.04. The van der Waals surface area contributed by atoms with Crippen molar-refractivity contribution in [1.82, 2.24) is 20.4 Å². The van der Waals surface area contributed by atoms with E-state index in [1.807, 2.05) is 13.0 Å². The molecule has 1 fully saturated rings. The summed E-state index contributed by atoms with van der Waals surface area (Å²) in [5, 5.41) is 21.2. The monoisotopic (exact) mass is 445 g/mol. The lowest BCUT2D eigenvalue weighted by molar-refractivity contribution is -0.156. The quantitative estimate of drug-likeness (QED) is 0.568. The maximum atomic E-state index is 12.7. The molecule has 0 spiro atoms. The Morgan fingerprint density at radius 1 is 1.33 bits per heavy atom. The fourth-order valence-corrected chi connectivity index (χ4v) is 5.65. The molecule has 0 bridgehead atoms. The van der Waals surface area contributed by atoms with E-state index in [-0.39, 0.29) is 5.70 Å². The van der Waals surface area contributed by atoms with Gasteiger partial charge in [0.2, 0.25) is 5.91 Å². The first kappa shape index (κ1) is 20.5. The number of carbonyl (C=O) groups excluding carboxylic acids is 2. The molecule has 3 heterocycles. The molecule has 2 aliphatic heterocycles. The minimum atomic E-state index is -1.18. The largest absolute Gasteiger partial charge is 0.477 e. The third-order valence-corrected chi connectivity index (χ3v) is 7.09. The van der Waals surface area contributed by atoms with Gasteiger partial charge in [-0.05, 0) is 25.3 Å². The van der Waals surface area contributed by atoms with Crippen LogP contribution in [0.3, 0.4) is 0 Å². The lowest BCUT2D eigenvalue weighted by atomic mass is 9.86. The van der Waals surface area contributed by atoms with E-state index in [2.05, 4.69) is 15.5 Å². The van der Waals surface area contributed by atoms with Crippen molar-refractivity contribution in [2.45, 2.75) is 42.2 Å². The van der Waals surface area contributed by atoms with Gasteiger partial charge in [-0.3, -0.25) is 14.5 Å². The van der Waals surface area contributed by atoms with Crippen molar-refractivity contribution in [2.24, 2.45) is 5.73 Å². The van der Waals surface area contributed by atoms with Crippen LogP contribution in [0.2, 0.25) is 0 Å². The van der Waals surface area contributed by atoms with Crippen LogP contribution in [-0.4, -0.2) is 50.1 Å². The Morgan fingerprint density at radius 2 is 2.07 bits per heavy atom. The molecule has 1 saturated heterocycles. The summed E-state index contributed by atoms with van der Waals surface area (Å²) in [5.41, 5.74) is 6.60. The first-order valence-electron chi connectivity index (χ1n) is 9.25. The normalized spacial score (nSPS) is 21.7. The number of carboxylic acids is 1. The zero-order chi connectivity index (χ0) is 21.4. The van der Waals surface area contributed by atoms with Gasteiger partial charge in [-0.2, -0.15) is 0 Å². The fraction of sp³-hybridized carbons (Fsp3) is 0.316. The Labute approximate surface area is 180 Å². The summed E-state index contributed by atoms with van der Waals surface area (Å²) < 4.78 is 0.631. The summed E-state index contributed by atoms with van der Waals surface area (Å²) in [6.45, 7) is 1.82. The topological polar surface area (TPSA) is 139 Å². The van der Waals surface area contributed by atoms with Crippen LogP contribution < -0.4 is 11.1 Å². The van der Waals surface area contributed by atoms with Crippen molar-refractivity contribution in [1.29, 1.82) is 0 Å². The molecule has 1 aromatic carbocycles. The van der Waals surface area contributed by atoms with E-state index in [9.17, 15) is 19.5 Å². The van der Waals surface area contributed by atoms with Gasteiger partial charge in [-0.1, -0.05) is 53.4 Å². The van der Waals surface area contributed by atoms with E-state index in [4.69, 9.17) is 5.73 Å². The van der Waals surface area contributed by atoms with Crippen molar-refractivity contribution < 1.29 is 19.5 Å². The molecule has 2 aromatic rings. The lowest BCUT2D eigenvalue weighted by Crippen LogP contribution is -2.72. The summed E-state index contributed by atoms with van der Waals surface area (Å²) in [6.07, 6.45) is 1.00. The Kier molecular flexibility index (Phi) is 5.58. The number of nitrogens with two attached hydrogens (primary N) is 1. The SMILES string of the molecule is Cc1nnc(SC2=C(C(=O)O)N3C(=O)[C@@H](NC(=O)[C@H](N)c4ccccc4)[C@H]3CC2)s1. The summed E-state index contributed by atoms with van der Waals surface area (Å²) in [4.78, 5) is 39.0. The first-order chi connectivity index (χ1) is 14.4. The molecule has 4 N–H and O–H groups in total. The van der Waals surface area contributed by atoms with Crippen molar-refractivity contribution >= 4 is 40.9 Å². The molecule has 156 valence electrons. The first-order valence-corrected chi connectivity index (χ1v) is 10.9. The van der Waals surface area contributed by atoms with E-state index >= 15 is 0 Å². The fourth-order valence-electron chi connectivity index (χ4n) is 3.61. The van der Waals surface area contributed by atoms with Gasteiger partial charge in [0.05, 0.1) is 6.04 Å². The number of aryl methyl sites for hydroxylation is 1. The average molecular weight is 446 g/mol. The van der Waals surface area contributed by atoms with E-state index < -0.39 is 35.9 Å². The molecule has 3 atom stereocenters. The average Bonchev–Trinajstić information content (AvgIpc) is 3.15. The number of hydrogen-bond donors (Lipinski definition) is 3. The number of nitrogens with zero attached hydrogens (tertiary/aromatic N) is 3. The van der Waals surface area contributed by atoms with Crippen molar-refractivity contribution in [3.8, 4) is 0 Å². The molecule has 11 heteroatoms. The molecule has 0 radical (unpaired) electrons. The number of benzene rings is 1. The number of allylic oxidation sites excluding steroid dienone is 1. The minimum absolute atomic E-state index is 0.0491. The number of fused-ring (bicyclic) bond motifs is 1. The number of amides is 2. The number of β-lactam (4-membered cyclic amide) rings is 1. The molecule has 2 amide bonds. The van der Waals surface area contributed by atoms with Gasteiger partial charge in [0.15, 0.2) is 4.34 Å². The van der Waals surface area contributed by atoms with Gasteiger partial charge in [0.1, 0.15) is 22.8 Å². The number of rotatable bonds is 6. The number of aromatic nitrogens is 2. The van der Waals surface area contributed by atoms with Gasteiger partial charge in [0.25, 0.3) is 5.91 Å². The standard InChI is InChI=1S/C19H19N5O4S2/c1-9-22-23-19(29-9)30-12-8-7-11-14(17(26)24(11)15(12)18(27)28)21-16(25)13(20)10-5-3-2-4-6-10/h2-6,11,13-14H,7-8,20H2,1H3,(H,21,25)(H,27,28)/t11-,13-,14+/m1/s1. The maximum absolute atomic E-state index is 12.7. The van der Waals surface area contributed by atoms with Crippen molar-refractivity contribution in [3.63, 3.8) is 0 Å². The summed E-state index contributed by atoms with van der Waals surface area (Å²) in [5.74, 6) is -2.09. The summed E-state index contributed by atoms with van der Waals surface area (Å²) in [7, 11) is 0. The molecular formula is C19H19N5O4S2. The maximum Gasteiger partial charge on any atom is 0.353 e. The lowest BCUT2D eigenvalue weighted by Gasteiger charge is -2.50. The Hall–Kier alpha value is -2.76. The number of carboxylic acid groups (broad SMARTS) is 1. The van der Waals surface area contributed by atoms with Gasteiger partial charge >= 0.3 is 5.97 Å². The highest BCUT2D eigenvalue weighted by Gasteiger charge is 2.53. The van der Waals surface area contributed by atoms with Crippen LogP contribution in [0.1, 0.15) is 29.5 Å². The Balaban J connectivity index is 1.50. The zero-order valence-electron chi connectivity index (χ0n) is 15.9. The van der Waals surface area contributed by atoms with E-state index in [0.29, 0.717) is 27.6 Å². The summed E-state index contributed by atoms with van der Waals surface area (Å²) >= 11 is 2.59. The molecule has 30 heavy (non-hydrogen) atoms. The molecule has 0 aliphatic carbocycles. The predicted molar refractivity (Wildman–Crippen MR) is 110 cm³/mol. The van der Waals surface area contributed by atoms with Gasteiger partial charge in [0, 0.05) is 4.91 Å². The van der Waals surface area contributed by atoms with E-state index in [1.165, 1.54) is 28.0 Å². The third-order valence-electron chi connectivity index (χ3n) is 5.05. The second-order valence-corrected chi connectivity index (χ2v) is 9.48. The van der Waals surface area contributed by atoms with Crippen LogP contribution in [0.4, 0.5) is 0 Å². The van der Waals surface area contributed by atoms with Gasteiger partial charge < -0.3 is 16.2 Å². The molecule has 9 nitrogen and oxygen atoms in total. The van der Waals surface area contributed by atoms with Gasteiger partial charge in [-0.25, -0.2) is 4.79 Å². The van der Waals surface area contributed by atoms with Crippen LogP contribution >= 0.6 is 23.1 Å². The van der Waals surface area contributed by atoms with Crippen LogP contribution in [0, 0.1) is 6.92 Å². The predicted octanol–water partition coefficient (Wildman–Crippen LogP) is 1.42. The van der Waals surface area contributed by atoms with Crippen LogP contribution in [0.25, 0.3) is 0 Å². The smallest absolute Gasteiger partial charge is 0.353 e. The van der Waals surface area contributed by atoms with E-state index in [0.717, 1.165) is 5.01 Å². The number of nitrogens with one attached hydrogen (secondary N) is 1. The molecule has 1 aromatic heterocycles. The number of aliphatic carboxylic acids is 1. The van der Waals surface area contributed by atoms with Crippen molar-refractivity contribution in [2.75, 3.05) is 0 Å². The highest BCUT2D eigenvalue weighted by Crippen LogP contribution is 2.43. The molecule has 0 saturated carbocycles. The zero-order valence-corrected chi connectivity index (χ0v) is 17.6. The highest BCUT2D eigenvalue weighted by atomic mass is 32.2. The van der Waals surface area contributed by atoms with Crippen molar-refractivity contribution in [3.05, 3.63) is 51.5 Å². The molecular weight excluding hydrogens is 426 g/mol. The second-order valence-electron chi connectivity index (χ2n) is 6.95. The Bertz CT molecular complexity index is 1040. The minimum Gasteiger partial charge on any atom is -0.477 e. The summed E-state index contributed by atoms with van der Waals surface area (Å²) in [6, 6.07) is 6.77. The third kappa shape index (κ3) is 3.71. The van der Waals surface area contributed by atoms with Crippen LogP contribution in [0.5, 0.6) is 0 Å². The van der Waals surface area contributed by atoms with Crippen LogP contribution in [-0.2, 0) is 14.4 Å². The Morgan fingerprint density at radius 3 is 2.70 bits per heavy atom. The number of hydrogen-bond acceptors (Lipinski definition) is 8. The molecule has 0 unspecified atom stereocenters. The van der Waals surface area contributed by atoms with Gasteiger partial charge in [-0.15, -0.1) is 10.2 Å². The number of carbonyl (C=O) groups is 3.